The maximum absolute atomic E-state index is 12.4. The molecular weight excluding hydrogens is 312 g/mol. The number of amides is 1. The molecule has 0 heterocycles. The molecule has 0 spiro atoms. The molecular formula is C21H24N2O2. The second kappa shape index (κ2) is 9.48. The maximum Gasteiger partial charge on any atom is 0.258 e. The normalized spacial score (nSPS) is 11.6. The first kappa shape index (κ1) is 18.5. The number of nitrogens with one attached hydrogen (secondary N) is 1. The number of hydrogen-bond acceptors (Lipinski definition) is 3. The molecule has 0 saturated heterocycles. The van der Waals surface area contributed by atoms with Crippen molar-refractivity contribution in [2.75, 3.05) is 6.61 Å². The fourth-order valence-corrected chi connectivity index (χ4v) is 2.94. The Bertz CT molecular complexity index is 718. The molecule has 0 radical (unpaired) electrons. The number of para-hydroxylation sites is 1. The largest absolute Gasteiger partial charge is 0.482 e. The lowest BCUT2D eigenvalue weighted by molar-refractivity contribution is -0.124. The summed E-state index contributed by atoms with van der Waals surface area (Å²) in [5.41, 5.74) is 1.52. The molecule has 0 aliphatic rings. The van der Waals surface area contributed by atoms with E-state index in [1.54, 1.807) is 24.3 Å². The molecule has 0 aliphatic heterocycles. The minimum absolute atomic E-state index is 0.0430. The van der Waals surface area contributed by atoms with Crippen LogP contribution >= 0.6 is 0 Å². The Morgan fingerprint density at radius 3 is 2.36 bits per heavy atom. The van der Waals surface area contributed by atoms with Crippen LogP contribution < -0.4 is 10.1 Å². The SMILES string of the molecule is CCC(CC)C(NC(=O)COc1ccccc1C#N)c1ccccc1. The molecule has 0 aromatic heterocycles. The number of hydrogen-bond donors (Lipinski definition) is 1. The zero-order valence-electron chi connectivity index (χ0n) is 14.7. The Morgan fingerprint density at radius 2 is 1.72 bits per heavy atom. The third-order valence-electron chi connectivity index (χ3n) is 4.36. The second-order valence-corrected chi connectivity index (χ2v) is 5.93. The zero-order valence-corrected chi connectivity index (χ0v) is 14.7. The van der Waals surface area contributed by atoms with Crippen LogP contribution in [0.5, 0.6) is 5.75 Å². The standard InChI is InChI=1S/C21H24N2O2/c1-3-16(4-2)21(17-10-6-5-7-11-17)23-20(24)15-25-19-13-9-8-12-18(19)14-22/h5-13,16,21H,3-4,15H2,1-2H3,(H,23,24). The third-order valence-corrected chi connectivity index (χ3v) is 4.36. The Kier molecular flexibility index (Phi) is 7.03. The summed E-state index contributed by atoms with van der Waals surface area (Å²) in [6.07, 6.45) is 1.96. The average Bonchev–Trinajstić information content (AvgIpc) is 2.67. The van der Waals surface area contributed by atoms with Crippen LogP contribution in [-0.2, 0) is 4.79 Å². The molecule has 2 rings (SSSR count). The summed E-state index contributed by atoms with van der Waals surface area (Å²) in [5.74, 6) is 0.602. The van der Waals surface area contributed by atoms with Gasteiger partial charge in [0.1, 0.15) is 11.8 Å². The van der Waals surface area contributed by atoms with E-state index in [0.717, 1.165) is 18.4 Å². The van der Waals surface area contributed by atoms with Gasteiger partial charge in [-0.3, -0.25) is 4.79 Å². The molecule has 0 aliphatic carbocycles. The van der Waals surface area contributed by atoms with Crippen LogP contribution in [-0.4, -0.2) is 12.5 Å². The van der Waals surface area contributed by atoms with Gasteiger partial charge in [0.25, 0.3) is 5.91 Å². The summed E-state index contributed by atoms with van der Waals surface area (Å²) in [5, 5.41) is 12.2. The lowest BCUT2D eigenvalue weighted by Crippen LogP contribution is -2.36. The van der Waals surface area contributed by atoms with Gasteiger partial charge in [0.15, 0.2) is 6.61 Å². The molecule has 0 bridgehead atoms. The quantitative estimate of drug-likeness (QED) is 0.784. The summed E-state index contributed by atoms with van der Waals surface area (Å²) in [6, 6.07) is 18.9. The van der Waals surface area contributed by atoms with Crippen molar-refractivity contribution in [3.63, 3.8) is 0 Å². The van der Waals surface area contributed by atoms with Gasteiger partial charge >= 0.3 is 0 Å². The fourth-order valence-electron chi connectivity index (χ4n) is 2.94. The number of carbonyl (C=O) groups excluding carboxylic acids is 1. The summed E-state index contributed by atoms with van der Waals surface area (Å²) in [4.78, 5) is 12.4. The molecule has 4 heteroatoms. The Balaban J connectivity index is 2.06. The number of carbonyl (C=O) groups is 1. The van der Waals surface area contributed by atoms with Gasteiger partial charge in [-0.2, -0.15) is 5.26 Å². The van der Waals surface area contributed by atoms with E-state index >= 15 is 0 Å². The van der Waals surface area contributed by atoms with E-state index in [1.807, 2.05) is 30.3 Å². The molecule has 130 valence electrons. The van der Waals surface area contributed by atoms with Crippen LogP contribution in [0.1, 0.15) is 43.9 Å². The molecule has 1 atom stereocenters. The number of benzene rings is 2. The summed E-state index contributed by atoms with van der Waals surface area (Å²) >= 11 is 0. The maximum atomic E-state index is 12.4. The van der Waals surface area contributed by atoms with Crippen molar-refractivity contribution < 1.29 is 9.53 Å². The lowest BCUT2D eigenvalue weighted by atomic mass is 9.89. The van der Waals surface area contributed by atoms with Gasteiger partial charge in [-0.15, -0.1) is 0 Å². The van der Waals surface area contributed by atoms with E-state index in [9.17, 15) is 4.79 Å². The van der Waals surface area contributed by atoms with Gasteiger partial charge in [-0.25, -0.2) is 0 Å². The first-order valence-electron chi connectivity index (χ1n) is 8.65. The van der Waals surface area contributed by atoms with Crippen molar-refractivity contribution in [3.8, 4) is 11.8 Å². The molecule has 4 nitrogen and oxygen atoms in total. The van der Waals surface area contributed by atoms with Crippen molar-refractivity contribution in [1.82, 2.24) is 5.32 Å². The molecule has 1 amide bonds. The molecule has 2 aromatic rings. The van der Waals surface area contributed by atoms with Gasteiger partial charge < -0.3 is 10.1 Å². The second-order valence-electron chi connectivity index (χ2n) is 5.93. The van der Waals surface area contributed by atoms with Crippen molar-refractivity contribution in [1.29, 1.82) is 5.26 Å². The summed E-state index contributed by atoms with van der Waals surface area (Å²) in [6.45, 7) is 4.16. The molecule has 2 aromatic carbocycles. The monoisotopic (exact) mass is 336 g/mol. The van der Waals surface area contributed by atoms with E-state index in [-0.39, 0.29) is 18.6 Å². The number of ether oxygens (including phenoxy) is 1. The average molecular weight is 336 g/mol. The minimum Gasteiger partial charge on any atom is -0.482 e. The first-order valence-corrected chi connectivity index (χ1v) is 8.65. The van der Waals surface area contributed by atoms with E-state index in [4.69, 9.17) is 10.00 Å². The van der Waals surface area contributed by atoms with E-state index < -0.39 is 0 Å². The van der Waals surface area contributed by atoms with Crippen molar-refractivity contribution in [3.05, 3.63) is 65.7 Å². The van der Waals surface area contributed by atoms with Crippen molar-refractivity contribution in [2.45, 2.75) is 32.7 Å². The van der Waals surface area contributed by atoms with Crippen LogP contribution in [0.2, 0.25) is 0 Å². The predicted octanol–water partition coefficient (Wildman–Crippen LogP) is 4.23. The lowest BCUT2D eigenvalue weighted by Gasteiger charge is -2.27. The molecule has 1 N–H and O–H groups in total. The number of nitriles is 1. The van der Waals surface area contributed by atoms with Crippen LogP contribution in [0.25, 0.3) is 0 Å². The molecule has 1 unspecified atom stereocenters. The van der Waals surface area contributed by atoms with Gasteiger partial charge in [-0.05, 0) is 23.6 Å². The Labute approximate surface area is 149 Å². The smallest absolute Gasteiger partial charge is 0.258 e. The number of nitrogens with zero attached hydrogens (tertiary/aromatic N) is 1. The molecule has 0 fully saturated rings. The topological polar surface area (TPSA) is 62.1 Å². The minimum atomic E-state index is -0.187. The van der Waals surface area contributed by atoms with Gasteiger partial charge in [0.2, 0.25) is 0 Å². The van der Waals surface area contributed by atoms with Gasteiger partial charge in [-0.1, -0.05) is 69.2 Å². The Morgan fingerprint density at radius 1 is 1.08 bits per heavy atom. The predicted molar refractivity (Wildman–Crippen MR) is 98.0 cm³/mol. The van der Waals surface area contributed by atoms with Gasteiger partial charge in [0.05, 0.1) is 11.6 Å². The highest BCUT2D eigenvalue weighted by Crippen LogP contribution is 2.27. The summed E-state index contributed by atoms with van der Waals surface area (Å²) in [7, 11) is 0. The van der Waals surface area contributed by atoms with E-state index in [2.05, 4.69) is 25.2 Å². The van der Waals surface area contributed by atoms with Crippen molar-refractivity contribution >= 4 is 5.91 Å². The molecule has 25 heavy (non-hydrogen) atoms. The fraction of sp³-hybridized carbons (Fsp3) is 0.333. The first-order chi connectivity index (χ1) is 12.2. The van der Waals surface area contributed by atoms with Crippen LogP contribution in [0.3, 0.4) is 0 Å². The Hall–Kier alpha value is -2.80. The van der Waals surface area contributed by atoms with Crippen LogP contribution in [0.15, 0.2) is 54.6 Å². The van der Waals surface area contributed by atoms with Gasteiger partial charge in [0, 0.05) is 0 Å². The summed E-state index contributed by atoms with van der Waals surface area (Å²) < 4.78 is 5.54. The highest BCUT2D eigenvalue weighted by Gasteiger charge is 2.22. The molecule has 0 saturated carbocycles. The van der Waals surface area contributed by atoms with Crippen LogP contribution in [0, 0.1) is 17.2 Å². The zero-order chi connectivity index (χ0) is 18.1. The number of rotatable bonds is 8. The van der Waals surface area contributed by atoms with E-state index in [1.165, 1.54) is 0 Å². The third kappa shape index (κ3) is 5.09. The highest BCUT2D eigenvalue weighted by molar-refractivity contribution is 5.78. The highest BCUT2D eigenvalue weighted by atomic mass is 16.5. The van der Waals surface area contributed by atoms with E-state index in [0.29, 0.717) is 17.2 Å². The van der Waals surface area contributed by atoms with Crippen molar-refractivity contribution in [2.24, 2.45) is 5.92 Å². The van der Waals surface area contributed by atoms with Crippen LogP contribution in [0.4, 0.5) is 0 Å².